The second-order valence-corrected chi connectivity index (χ2v) is 33.2. The Morgan fingerprint density at radius 1 is 0.341 bits per heavy atom. The maximum Gasteiger partial charge on any atom is 0.569 e. The molecule has 669 valence electrons. The van der Waals surface area contributed by atoms with Crippen LogP contribution in [0.5, 0.6) is 5.75 Å². The van der Waals surface area contributed by atoms with Crippen LogP contribution < -0.4 is 4.65 Å². The van der Waals surface area contributed by atoms with Crippen molar-refractivity contribution in [3.05, 3.63) is 411 Å². The standard InChI is InChI=1S/2C27H24F3NO2.2C21H21BrFNO2.C6H4BF2O2/c2*1-3-14-27(21-8-10-22(28)11-9-21)15-16-31(26(32)33-27)18(2)19-4-6-20(7-5-19)24-13-12-23(29)17-25(24)30;2*1-3-12-21(17-6-10-19(23)11-7-17)13-14-24(20(25)26-21)15(2)16-4-8-18(22)9-5-16;8-4-1-2-6(11-7-10)5(9)3-4/h2*3-13,17-18H,1,14-16H2,2H3;2*3-11,15H,1,12-14H2,2H3;1-3,10H/t18-,27+;18-,27-;15-,21+;15-,21-;/m0000./s1. The maximum atomic E-state index is 14.1. The fourth-order valence-electron chi connectivity index (χ4n) is 16.0. The zero-order valence-electron chi connectivity index (χ0n) is 71.1. The summed E-state index contributed by atoms with van der Waals surface area (Å²) in [6.45, 7) is 24.9. The Morgan fingerprint density at radius 2 is 0.566 bits per heavy atom. The van der Waals surface area contributed by atoms with E-state index in [9.17, 15) is 63.1 Å². The summed E-state index contributed by atoms with van der Waals surface area (Å²) in [7, 11) is 0.330. The van der Waals surface area contributed by atoms with Crippen molar-refractivity contribution >= 4 is 63.9 Å². The first kappa shape index (κ1) is 97.2. The molecule has 0 unspecified atom stereocenters. The highest BCUT2D eigenvalue weighted by molar-refractivity contribution is 9.10. The molecular weight excluding hydrogens is 1800 g/mol. The third-order valence-corrected chi connectivity index (χ3v) is 24.4. The molecule has 14 nitrogen and oxygen atoms in total. The number of nitrogens with zero attached hydrogens (tertiary/aromatic N) is 4. The summed E-state index contributed by atoms with van der Waals surface area (Å²) in [5, 5.41) is 8.11. The molecule has 4 aliphatic rings. The summed E-state index contributed by atoms with van der Waals surface area (Å²) in [6, 6.07) is 63.3. The number of hydrogen-bond donors (Lipinski definition) is 1. The van der Waals surface area contributed by atoms with E-state index in [-0.39, 0.29) is 65.4 Å². The fraction of sp³-hybridized carbons (Fsp3) is 0.235. The predicted octanol–water partition coefficient (Wildman–Crippen LogP) is 27.1. The van der Waals surface area contributed by atoms with Gasteiger partial charge < -0.3 is 48.2 Å². The van der Waals surface area contributed by atoms with Gasteiger partial charge in [0.25, 0.3) is 0 Å². The van der Waals surface area contributed by atoms with Gasteiger partial charge >= 0.3 is 32.1 Å². The number of carbonyl (C=O) groups is 4. The van der Waals surface area contributed by atoms with Gasteiger partial charge in [0.1, 0.15) is 80.5 Å². The Labute approximate surface area is 761 Å². The van der Waals surface area contributed by atoms with E-state index in [2.05, 4.69) is 62.8 Å². The van der Waals surface area contributed by atoms with Crippen LogP contribution in [0.25, 0.3) is 22.3 Å². The molecular formula is C102H94BBr2F10N4O10. The van der Waals surface area contributed by atoms with Crippen LogP contribution in [0.4, 0.5) is 63.1 Å². The summed E-state index contributed by atoms with van der Waals surface area (Å²) in [5.74, 6) is -5.59. The smallest absolute Gasteiger partial charge is 0.535 e. The van der Waals surface area contributed by atoms with E-state index in [4.69, 9.17) is 24.0 Å². The number of benzene rings is 11. The molecule has 1 N–H and O–H groups in total. The molecule has 4 fully saturated rings. The highest BCUT2D eigenvalue weighted by atomic mass is 79.9. The first-order chi connectivity index (χ1) is 61.8. The van der Waals surface area contributed by atoms with Gasteiger partial charge in [0, 0.05) is 116 Å². The Kier molecular flexibility index (Phi) is 33.2. The summed E-state index contributed by atoms with van der Waals surface area (Å²) in [5.41, 5.74) is 5.36. The first-order valence-electron chi connectivity index (χ1n) is 41.5. The Balaban J connectivity index is 0.000000161. The third-order valence-electron chi connectivity index (χ3n) is 23.4. The van der Waals surface area contributed by atoms with E-state index >= 15 is 0 Å². The zero-order valence-corrected chi connectivity index (χ0v) is 74.3. The second-order valence-electron chi connectivity index (χ2n) is 31.3. The number of halogens is 12. The molecule has 4 aliphatic heterocycles. The lowest BCUT2D eigenvalue weighted by Gasteiger charge is -2.43. The molecule has 11 aromatic rings. The minimum atomic E-state index is -0.882. The van der Waals surface area contributed by atoms with Gasteiger partial charge in [-0.1, -0.05) is 177 Å². The summed E-state index contributed by atoms with van der Waals surface area (Å²) < 4.78 is 163. The number of amides is 4. The van der Waals surface area contributed by atoms with E-state index < -0.39 is 69.5 Å². The van der Waals surface area contributed by atoms with Crippen molar-refractivity contribution in [2.45, 2.75) is 126 Å². The van der Waals surface area contributed by atoms with Crippen molar-refractivity contribution in [3.8, 4) is 28.0 Å². The van der Waals surface area contributed by atoms with Crippen LogP contribution in [0, 0.1) is 58.2 Å². The van der Waals surface area contributed by atoms with Crippen LogP contribution in [-0.4, -0.2) is 82.9 Å². The largest absolute Gasteiger partial charge is 0.569 e. The van der Waals surface area contributed by atoms with Gasteiger partial charge in [-0.3, -0.25) is 0 Å². The Hall–Kier alpha value is -12.5. The monoisotopic (exact) mass is 1890 g/mol. The number of hydrogen-bond acceptors (Lipinski definition) is 10. The van der Waals surface area contributed by atoms with Gasteiger partial charge in [-0.05, 0) is 193 Å². The van der Waals surface area contributed by atoms with Crippen LogP contribution in [0.2, 0.25) is 0 Å². The fourth-order valence-corrected chi connectivity index (χ4v) is 16.6. The molecule has 11 aromatic carbocycles. The molecule has 4 amide bonds. The van der Waals surface area contributed by atoms with Crippen molar-refractivity contribution in [2.75, 3.05) is 26.2 Å². The maximum absolute atomic E-state index is 14.1. The molecule has 0 aliphatic carbocycles. The molecule has 0 aromatic heterocycles. The van der Waals surface area contributed by atoms with Crippen LogP contribution >= 0.6 is 31.9 Å². The molecule has 4 saturated heterocycles. The zero-order chi connectivity index (χ0) is 92.9. The quantitative estimate of drug-likeness (QED) is 0.0268. The number of rotatable bonds is 24. The van der Waals surface area contributed by atoms with Crippen LogP contribution in [0.15, 0.2) is 308 Å². The average molecular weight is 1900 g/mol. The summed E-state index contributed by atoms with van der Waals surface area (Å²) >= 11 is 6.85. The SMILES string of the molecule is C=CC[C@@]1(c2ccc(F)cc2)CCN([C@@H](C)c2ccc(-c3ccc(F)cc3F)cc2)C(=O)O1.C=CC[C@@]1(c2ccc(F)cc2)CCN([C@@H](C)c2ccc(Br)cc2)C(=O)O1.C=CC[C@]1(c2ccc(F)cc2)CCN([C@@H](C)c2ccc(-c3ccc(F)cc3F)cc2)C(=O)O1.C=CC[C@]1(c2ccc(F)cc2)CCN([C@@H](C)c2ccc(Br)cc2)C(=O)O1.O[B]Oc1ccc(F)cc1F. The van der Waals surface area contributed by atoms with Crippen molar-refractivity contribution in [1.82, 2.24) is 19.6 Å². The lowest BCUT2D eigenvalue weighted by molar-refractivity contribution is -0.0595. The minimum absolute atomic E-state index is 0.0921. The molecule has 0 spiro atoms. The number of carbonyl (C=O) groups excluding carboxylic acids is 4. The highest BCUT2D eigenvalue weighted by Gasteiger charge is 2.47. The van der Waals surface area contributed by atoms with E-state index in [1.165, 1.54) is 72.8 Å². The molecule has 129 heavy (non-hydrogen) atoms. The van der Waals surface area contributed by atoms with E-state index in [0.717, 1.165) is 77.7 Å². The number of cyclic esters (lactones) is 4. The topological polar surface area (TPSA) is 148 Å². The molecule has 27 heteroatoms. The molecule has 15 rings (SSSR count). The molecule has 1 radical (unpaired) electrons. The summed E-state index contributed by atoms with van der Waals surface area (Å²) in [6.07, 6.45) is 9.34. The predicted molar refractivity (Wildman–Crippen MR) is 483 cm³/mol. The Morgan fingerprint density at radius 3 is 0.783 bits per heavy atom. The van der Waals surface area contributed by atoms with Crippen molar-refractivity contribution in [1.29, 1.82) is 0 Å². The van der Waals surface area contributed by atoms with Gasteiger partial charge in [-0.2, -0.15) is 0 Å². The van der Waals surface area contributed by atoms with Crippen molar-refractivity contribution in [3.63, 3.8) is 0 Å². The van der Waals surface area contributed by atoms with Crippen LogP contribution in [-0.2, 0) is 41.4 Å². The van der Waals surface area contributed by atoms with Crippen molar-refractivity contribution in [2.24, 2.45) is 0 Å². The van der Waals surface area contributed by atoms with Gasteiger partial charge in [0.15, 0.2) is 5.82 Å². The summed E-state index contributed by atoms with van der Waals surface area (Å²) in [4.78, 5) is 58.4. The first-order valence-corrected chi connectivity index (χ1v) is 43.0. The lowest BCUT2D eigenvalue weighted by Crippen LogP contribution is -2.48. The Bertz CT molecular complexity index is 5400. The normalized spacial score (nSPS) is 19.1. The highest BCUT2D eigenvalue weighted by Crippen LogP contribution is 2.46. The average Bonchev–Trinajstić information content (AvgIpc) is 0.783. The van der Waals surface area contributed by atoms with E-state index in [1.807, 2.05) is 100 Å². The minimum Gasteiger partial charge on any atom is -0.535 e. The van der Waals surface area contributed by atoms with Crippen molar-refractivity contribution < 1.29 is 91.7 Å². The van der Waals surface area contributed by atoms with Gasteiger partial charge in [0.2, 0.25) is 0 Å². The molecule has 0 saturated carbocycles. The van der Waals surface area contributed by atoms with Crippen LogP contribution in [0.3, 0.4) is 0 Å². The molecule has 4 heterocycles. The van der Waals surface area contributed by atoms with Gasteiger partial charge in [0.05, 0.1) is 24.2 Å². The van der Waals surface area contributed by atoms with E-state index in [0.29, 0.717) is 114 Å². The van der Waals surface area contributed by atoms with Gasteiger partial charge in [-0.25, -0.2) is 63.1 Å². The number of ether oxygens (including phenoxy) is 4. The third kappa shape index (κ3) is 23.9. The molecule has 0 bridgehead atoms. The van der Waals surface area contributed by atoms with Crippen LogP contribution in [0.1, 0.15) is 148 Å². The second kappa shape index (κ2) is 44.0. The molecule has 8 atom stereocenters. The lowest BCUT2D eigenvalue weighted by atomic mass is 9.85. The van der Waals surface area contributed by atoms with E-state index in [1.54, 1.807) is 117 Å². The van der Waals surface area contributed by atoms with Gasteiger partial charge in [-0.15, -0.1) is 26.3 Å².